The van der Waals surface area contributed by atoms with Crippen molar-refractivity contribution in [3.8, 4) is 17.3 Å². The number of aromatic nitrogens is 5. The molecule has 0 atom stereocenters. The number of nitrogens with two attached hydrogens (primary N) is 1. The maximum absolute atomic E-state index is 11.9. The van der Waals surface area contributed by atoms with Gasteiger partial charge in [0.1, 0.15) is 19.0 Å². The van der Waals surface area contributed by atoms with Crippen LogP contribution in [0.5, 0.6) is 5.75 Å². The second kappa shape index (κ2) is 9.85. The summed E-state index contributed by atoms with van der Waals surface area (Å²) in [7, 11) is 0. The Morgan fingerprint density at radius 2 is 1.94 bits per heavy atom. The number of halogens is 1. The van der Waals surface area contributed by atoms with Gasteiger partial charge < -0.3 is 24.9 Å². The third-order valence-corrected chi connectivity index (χ3v) is 4.31. The van der Waals surface area contributed by atoms with E-state index in [1.807, 2.05) is 24.3 Å². The van der Waals surface area contributed by atoms with E-state index < -0.39 is 6.67 Å². The molecule has 10 nitrogen and oxygen atoms in total. The van der Waals surface area contributed by atoms with Gasteiger partial charge in [-0.05, 0) is 36.2 Å². The molecule has 31 heavy (non-hydrogen) atoms. The molecular formula is C20H22FN7O3. The van der Waals surface area contributed by atoms with Gasteiger partial charge in [0.05, 0.1) is 19.5 Å². The van der Waals surface area contributed by atoms with Crippen molar-refractivity contribution < 1.29 is 18.3 Å². The van der Waals surface area contributed by atoms with Gasteiger partial charge in [-0.2, -0.15) is 19.5 Å². The van der Waals surface area contributed by atoms with E-state index in [-0.39, 0.29) is 12.6 Å². The van der Waals surface area contributed by atoms with Gasteiger partial charge in [0.15, 0.2) is 5.76 Å². The number of nitrogens with one attached hydrogen (secondary N) is 1. The molecule has 0 radical (unpaired) electrons. The molecular weight excluding hydrogens is 405 g/mol. The zero-order valence-electron chi connectivity index (χ0n) is 16.7. The van der Waals surface area contributed by atoms with Crippen LogP contribution in [0.15, 0.2) is 47.1 Å². The summed E-state index contributed by atoms with van der Waals surface area (Å²) in [6, 6.07) is 11.2. The van der Waals surface area contributed by atoms with Gasteiger partial charge in [-0.3, -0.25) is 0 Å². The van der Waals surface area contributed by atoms with Gasteiger partial charge in [0, 0.05) is 6.54 Å². The van der Waals surface area contributed by atoms with E-state index >= 15 is 0 Å². The quantitative estimate of drug-likeness (QED) is 0.347. The van der Waals surface area contributed by atoms with Crippen LogP contribution in [0, 0.1) is 0 Å². The van der Waals surface area contributed by atoms with Gasteiger partial charge in [-0.25, -0.2) is 4.39 Å². The molecule has 0 aliphatic carbocycles. The SMILES string of the molecule is Nc1nc(NCCc2ccc(OCCOCCF)cc2)nc2nc(-c3ccco3)nn12. The van der Waals surface area contributed by atoms with Crippen LogP contribution < -0.4 is 15.8 Å². The zero-order valence-corrected chi connectivity index (χ0v) is 16.7. The number of nitrogens with zero attached hydrogens (tertiary/aromatic N) is 5. The van der Waals surface area contributed by atoms with E-state index in [1.54, 1.807) is 18.4 Å². The largest absolute Gasteiger partial charge is 0.491 e. The number of furan rings is 1. The number of benzene rings is 1. The minimum atomic E-state index is -0.487. The molecule has 3 heterocycles. The van der Waals surface area contributed by atoms with Crippen molar-refractivity contribution in [2.45, 2.75) is 6.42 Å². The number of alkyl halides is 1. The van der Waals surface area contributed by atoms with Crippen LogP contribution in [0.25, 0.3) is 17.4 Å². The smallest absolute Gasteiger partial charge is 0.259 e. The zero-order chi connectivity index (χ0) is 21.5. The third kappa shape index (κ3) is 5.25. The highest BCUT2D eigenvalue weighted by Crippen LogP contribution is 2.18. The van der Waals surface area contributed by atoms with Crippen molar-refractivity contribution in [2.75, 3.05) is 44.1 Å². The van der Waals surface area contributed by atoms with Crippen LogP contribution in [-0.4, -0.2) is 57.6 Å². The maximum atomic E-state index is 11.9. The van der Waals surface area contributed by atoms with Crippen molar-refractivity contribution >= 4 is 17.7 Å². The summed E-state index contributed by atoms with van der Waals surface area (Å²) < 4.78 is 29.2. The molecule has 3 aromatic heterocycles. The molecule has 0 fully saturated rings. The fraction of sp³-hybridized carbons (Fsp3) is 0.300. The van der Waals surface area contributed by atoms with E-state index in [9.17, 15) is 4.39 Å². The first-order valence-corrected chi connectivity index (χ1v) is 9.76. The highest BCUT2D eigenvalue weighted by atomic mass is 19.1. The number of nitrogen functional groups attached to an aromatic ring is 1. The lowest BCUT2D eigenvalue weighted by atomic mass is 10.1. The van der Waals surface area contributed by atoms with Gasteiger partial charge >= 0.3 is 0 Å². The summed E-state index contributed by atoms with van der Waals surface area (Å²) in [5, 5.41) is 7.42. The van der Waals surface area contributed by atoms with E-state index in [2.05, 4.69) is 25.4 Å². The van der Waals surface area contributed by atoms with Gasteiger partial charge in [0.2, 0.25) is 17.7 Å². The third-order valence-electron chi connectivity index (χ3n) is 4.31. The molecule has 4 rings (SSSR count). The van der Waals surface area contributed by atoms with Crippen LogP contribution in [0.3, 0.4) is 0 Å². The molecule has 0 aliphatic rings. The van der Waals surface area contributed by atoms with E-state index in [1.165, 1.54) is 4.52 Å². The summed E-state index contributed by atoms with van der Waals surface area (Å²) in [5.41, 5.74) is 7.10. The summed E-state index contributed by atoms with van der Waals surface area (Å²) in [6.07, 6.45) is 2.30. The van der Waals surface area contributed by atoms with Crippen LogP contribution in [0.4, 0.5) is 16.3 Å². The minimum absolute atomic E-state index is 0.0971. The molecule has 0 amide bonds. The summed E-state index contributed by atoms with van der Waals surface area (Å²) in [6.45, 7) is 0.954. The number of fused-ring (bicyclic) bond motifs is 1. The highest BCUT2D eigenvalue weighted by molar-refractivity contribution is 5.52. The molecule has 0 spiro atoms. The number of rotatable bonds is 11. The van der Waals surface area contributed by atoms with Crippen molar-refractivity contribution in [3.05, 3.63) is 48.2 Å². The highest BCUT2D eigenvalue weighted by Gasteiger charge is 2.13. The lowest BCUT2D eigenvalue weighted by molar-refractivity contribution is 0.0897. The lowest BCUT2D eigenvalue weighted by Crippen LogP contribution is -2.12. The van der Waals surface area contributed by atoms with Gasteiger partial charge in [-0.15, -0.1) is 5.10 Å². The predicted octanol–water partition coefficient (Wildman–Crippen LogP) is 2.38. The van der Waals surface area contributed by atoms with Gasteiger partial charge in [0.25, 0.3) is 5.78 Å². The summed E-state index contributed by atoms with van der Waals surface area (Å²) >= 11 is 0. The second-order valence-electron chi connectivity index (χ2n) is 6.50. The van der Waals surface area contributed by atoms with Crippen LogP contribution >= 0.6 is 0 Å². The Balaban J connectivity index is 1.30. The number of anilines is 2. The first-order valence-electron chi connectivity index (χ1n) is 9.76. The first kappa shape index (κ1) is 20.5. The monoisotopic (exact) mass is 427 g/mol. The van der Waals surface area contributed by atoms with Crippen LogP contribution in [0.2, 0.25) is 0 Å². The second-order valence-corrected chi connectivity index (χ2v) is 6.50. The number of hydrogen-bond acceptors (Lipinski definition) is 9. The fourth-order valence-corrected chi connectivity index (χ4v) is 2.84. The molecule has 0 aliphatic heterocycles. The summed E-state index contributed by atoms with van der Waals surface area (Å²) in [5.74, 6) is 2.53. The number of ether oxygens (including phenoxy) is 2. The average molecular weight is 427 g/mol. The molecule has 3 N–H and O–H groups in total. The minimum Gasteiger partial charge on any atom is -0.491 e. The topological polar surface area (TPSA) is 126 Å². The van der Waals surface area contributed by atoms with Gasteiger partial charge in [-0.1, -0.05) is 12.1 Å². The lowest BCUT2D eigenvalue weighted by Gasteiger charge is -2.08. The van der Waals surface area contributed by atoms with Crippen molar-refractivity contribution in [3.63, 3.8) is 0 Å². The Kier molecular flexibility index (Phi) is 6.53. The van der Waals surface area contributed by atoms with Crippen molar-refractivity contribution in [2.24, 2.45) is 0 Å². The molecule has 11 heteroatoms. The Hall–Kier alpha value is -3.73. The van der Waals surface area contributed by atoms with E-state index in [4.69, 9.17) is 19.6 Å². The Labute approximate surface area is 177 Å². The molecule has 0 bridgehead atoms. The van der Waals surface area contributed by atoms with Crippen LogP contribution in [-0.2, 0) is 11.2 Å². The normalized spacial score (nSPS) is 11.1. The molecule has 0 saturated carbocycles. The van der Waals surface area contributed by atoms with Crippen LogP contribution in [0.1, 0.15) is 5.56 Å². The standard InChI is InChI=1S/C20H22FN7O3/c21-8-11-29-12-13-30-15-5-3-14(4-6-15)7-9-23-19-25-18(22)28-20(26-19)24-17(27-28)16-2-1-10-31-16/h1-6,10H,7-9,11-13H2,(H3,22,23,24,25,26,27). The van der Waals surface area contributed by atoms with Crippen molar-refractivity contribution in [1.82, 2.24) is 24.6 Å². The Bertz CT molecular complexity index is 1100. The number of hydrogen-bond donors (Lipinski definition) is 2. The molecule has 0 unspecified atom stereocenters. The maximum Gasteiger partial charge on any atom is 0.259 e. The predicted molar refractivity (Wildman–Crippen MR) is 112 cm³/mol. The Morgan fingerprint density at radius 3 is 2.71 bits per heavy atom. The average Bonchev–Trinajstić information content (AvgIpc) is 3.45. The fourth-order valence-electron chi connectivity index (χ4n) is 2.84. The van der Waals surface area contributed by atoms with Crippen molar-refractivity contribution in [1.29, 1.82) is 0 Å². The summed E-state index contributed by atoms with van der Waals surface area (Å²) in [4.78, 5) is 12.9. The van der Waals surface area contributed by atoms with E-state index in [0.29, 0.717) is 43.1 Å². The molecule has 162 valence electrons. The molecule has 1 aromatic carbocycles. The first-order chi connectivity index (χ1) is 15.2. The molecule has 4 aromatic rings. The Morgan fingerprint density at radius 1 is 1.06 bits per heavy atom. The molecule has 0 saturated heterocycles. The van der Waals surface area contributed by atoms with E-state index in [0.717, 1.165) is 17.7 Å².